The quantitative estimate of drug-likeness (QED) is 0.593. The SMILES string of the molecule is COC(=O)C(C)CN(Cc1ccncc1)C(=O)c1ccc(-n2cccc2)cc1. The van der Waals surface area contributed by atoms with E-state index in [0.717, 1.165) is 11.3 Å². The van der Waals surface area contributed by atoms with E-state index in [1.165, 1.54) is 7.11 Å². The highest BCUT2D eigenvalue weighted by Gasteiger charge is 2.23. The third kappa shape index (κ3) is 4.65. The second kappa shape index (κ2) is 8.99. The molecule has 28 heavy (non-hydrogen) atoms. The molecule has 0 aliphatic rings. The number of nitrogens with zero attached hydrogens (tertiary/aromatic N) is 3. The van der Waals surface area contributed by atoms with Gasteiger partial charge in [0.05, 0.1) is 13.0 Å². The fourth-order valence-electron chi connectivity index (χ4n) is 3.00. The number of pyridine rings is 1. The van der Waals surface area contributed by atoms with Crippen molar-refractivity contribution in [2.75, 3.05) is 13.7 Å². The van der Waals surface area contributed by atoms with Crippen LogP contribution in [0.4, 0.5) is 0 Å². The highest BCUT2D eigenvalue weighted by molar-refractivity contribution is 5.94. The number of rotatable bonds is 7. The minimum Gasteiger partial charge on any atom is -0.469 e. The lowest BCUT2D eigenvalue weighted by Crippen LogP contribution is -2.36. The number of carbonyl (C=O) groups is 2. The largest absolute Gasteiger partial charge is 0.469 e. The third-order valence-corrected chi connectivity index (χ3v) is 4.52. The molecule has 144 valence electrons. The van der Waals surface area contributed by atoms with Crippen LogP contribution in [0.15, 0.2) is 73.3 Å². The molecule has 0 saturated carbocycles. The van der Waals surface area contributed by atoms with E-state index in [1.54, 1.807) is 36.4 Å². The van der Waals surface area contributed by atoms with Gasteiger partial charge in [0, 0.05) is 49.1 Å². The molecule has 0 fully saturated rings. The molecule has 0 spiro atoms. The molecular weight excluding hydrogens is 354 g/mol. The first kappa shape index (κ1) is 19.4. The molecule has 2 heterocycles. The van der Waals surface area contributed by atoms with E-state index in [9.17, 15) is 9.59 Å². The van der Waals surface area contributed by atoms with Crippen molar-refractivity contribution in [3.63, 3.8) is 0 Å². The van der Waals surface area contributed by atoms with Crippen molar-refractivity contribution < 1.29 is 14.3 Å². The van der Waals surface area contributed by atoms with E-state index in [0.29, 0.717) is 12.1 Å². The summed E-state index contributed by atoms with van der Waals surface area (Å²) in [5.74, 6) is -0.892. The van der Waals surface area contributed by atoms with Crippen LogP contribution in [0.5, 0.6) is 0 Å². The van der Waals surface area contributed by atoms with Crippen molar-refractivity contribution in [3.8, 4) is 5.69 Å². The van der Waals surface area contributed by atoms with Crippen LogP contribution in [-0.4, -0.2) is 40.0 Å². The van der Waals surface area contributed by atoms with Gasteiger partial charge in [0.2, 0.25) is 0 Å². The number of ether oxygens (including phenoxy) is 1. The molecule has 1 unspecified atom stereocenters. The Balaban J connectivity index is 1.81. The molecule has 6 heteroatoms. The monoisotopic (exact) mass is 377 g/mol. The van der Waals surface area contributed by atoms with Gasteiger partial charge < -0.3 is 14.2 Å². The van der Waals surface area contributed by atoms with Gasteiger partial charge in [-0.05, 0) is 54.1 Å². The van der Waals surface area contributed by atoms with Gasteiger partial charge in [-0.2, -0.15) is 0 Å². The molecule has 0 N–H and O–H groups in total. The predicted molar refractivity (Wildman–Crippen MR) is 106 cm³/mol. The van der Waals surface area contributed by atoms with Crippen LogP contribution in [0.25, 0.3) is 5.69 Å². The summed E-state index contributed by atoms with van der Waals surface area (Å²) in [6, 6.07) is 15.0. The summed E-state index contributed by atoms with van der Waals surface area (Å²) in [5, 5.41) is 0. The van der Waals surface area contributed by atoms with Crippen LogP contribution < -0.4 is 0 Å². The number of amides is 1. The molecule has 0 saturated heterocycles. The Bertz CT molecular complexity index is 906. The fourth-order valence-corrected chi connectivity index (χ4v) is 3.00. The van der Waals surface area contributed by atoms with Gasteiger partial charge in [-0.25, -0.2) is 0 Å². The second-order valence-electron chi connectivity index (χ2n) is 6.60. The minimum absolute atomic E-state index is 0.133. The van der Waals surface area contributed by atoms with Gasteiger partial charge >= 0.3 is 5.97 Å². The molecule has 0 radical (unpaired) electrons. The molecule has 3 aromatic rings. The molecule has 0 aliphatic carbocycles. The fraction of sp³-hybridized carbons (Fsp3) is 0.227. The molecule has 1 atom stereocenters. The maximum Gasteiger partial charge on any atom is 0.310 e. The van der Waals surface area contributed by atoms with E-state index in [2.05, 4.69) is 4.98 Å². The molecule has 0 bridgehead atoms. The summed E-state index contributed by atoms with van der Waals surface area (Å²) in [7, 11) is 1.35. The number of aromatic nitrogens is 2. The first-order valence-electron chi connectivity index (χ1n) is 9.08. The maximum absolute atomic E-state index is 13.1. The van der Waals surface area contributed by atoms with Crippen LogP contribution in [0.2, 0.25) is 0 Å². The van der Waals surface area contributed by atoms with Crippen LogP contribution >= 0.6 is 0 Å². The summed E-state index contributed by atoms with van der Waals surface area (Å²) in [5.41, 5.74) is 2.50. The average Bonchev–Trinajstić information content (AvgIpc) is 3.28. The van der Waals surface area contributed by atoms with E-state index >= 15 is 0 Å². The maximum atomic E-state index is 13.1. The molecule has 1 amide bonds. The summed E-state index contributed by atoms with van der Waals surface area (Å²) < 4.78 is 6.79. The topological polar surface area (TPSA) is 64.4 Å². The molecule has 3 rings (SSSR count). The lowest BCUT2D eigenvalue weighted by atomic mass is 10.1. The highest BCUT2D eigenvalue weighted by Crippen LogP contribution is 2.15. The van der Waals surface area contributed by atoms with Gasteiger partial charge in [-0.1, -0.05) is 6.92 Å². The van der Waals surface area contributed by atoms with Gasteiger partial charge in [0.15, 0.2) is 0 Å². The van der Waals surface area contributed by atoms with E-state index < -0.39 is 5.92 Å². The van der Waals surface area contributed by atoms with Crippen LogP contribution in [0.1, 0.15) is 22.8 Å². The standard InChI is InChI=1S/C22H23N3O3/c1-17(22(27)28-2)15-25(16-18-9-11-23-12-10-18)21(26)19-5-7-20(8-6-19)24-13-3-4-14-24/h3-14,17H,15-16H2,1-2H3. The summed E-state index contributed by atoms with van der Waals surface area (Å²) in [6.07, 6.45) is 7.27. The first-order valence-corrected chi connectivity index (χ1v) is 9.08. The van der Waals surface area contributed by atoms with Gasteiger partial charge in [0.1, 0.15) is 0 Å². The third-order valence-electron chi connectivity index (χ3n) is 4.52. The Morgan fingerprint density at radius 1 is 1.07 bits per heavy atom. The Morgan fingerprint density at radius 2 is 1.71 bits per heavy atom. The van der Waals surface area contributed by atoms with E-state index in [-0.39, 0.29) is 18.4 Å². The smallest absolute Gasteiger partial charge is 0.310 e. The Morgan fingerprint density at radius 3 is 2.32 bits per heavy atom. The zero-order valence-corrected chi connectivity index (χ0v) is 16.0. The first-order chi connectivity index (χ1) is 13.6. The molecule has 0 aliphatic heterocycles. The lowest BCUT2D eigenvalue weighted by molar-refractivity contribution is -0.145. The minimum atomic E-state index is -0.421. The van der Waals surface area contributed by atoms with Gasteiger partial charge in [-0.15, -0.1) is 0 Å². The van der Waals surface area contributed by atoms with Crippen molar-refractivity contribution in [1.29, 1.82) is 0 Å². The van der Waals surface area contributed by atoms with Crippen LogP contribution in [0.3, 0.4) is 0 Å². The predicted octanol–water partition coefficient (Wildman–Crippen LogP) is 3.32. The number of hydrogen-bond donors (Lipinski definition) is 0. The summed E-state index contributed by atoms with van der Waals surface area (Å²) in [4.78, 5) is 30.7. The molecule has 1 aromatic carbocycles. The molecule has 6 nitrogen and oxygen atoms in total. The molecular formula is C22H23N3O3. The van der Waals surface area contributed by atoms with Crippen molar-refractivity contribution >= 4 is 11.9 Å². The zero-order chi connectivity index (χ0) is 19.9. The Kier molecular flexibility index (Phi) is 6.22. The average molecular weight is 377 g/mol. The molecule has 2 aromatic heterocycles. The number of methoxy groups -OCH3 is 1. The van der Waals surface area contributed by atoms with E-state index in [1.807, 2.05) is 53.4 Å². The number of esters is 1. The van der Waals surface area contributed by atoms with Crippen LogP contribution in [-0.2, 0) is 16.1 Å². The van der Waals surface area contributed by atoms with E-state index in [4.69, 9.17) is 4.74 Å². The van der Waals surface area contributed by atoms with Gasteiger partial charge in [-0.3, -0.25) is 14.6 Å². The van der Waals surface area contributed by atoms with Crippen LogP contribution in [0, 0.1) is 5.92 Å². The normalized spacial score (nSPS) is 11.6. The number of carbonyl (C=O) groups excluding carboxylic acids is 2. The van der Waals surface area contributed by atoms with Crippen molar-refractivity contribution in [2.45, 2.75) is 13.5 Å². The Labute approximate surface area is 164 Å². The second-order valence-corrected chi connectivity index (χ2v) is 6.60. The van der Waals surface area contributed by atoms with Crippen molar-refractivity contribution in [2.24, 2.45) is 5.92 Å². The zero-order valence-electron chi connectivity index (χ0n) is 16.0. The summed E-state index contributed by atoms with van der Waals surface area (Å²) in [6.45, 7) is 2.42. The van der Waals surface area contributed by atoms with Crippen molar-refractivity contribution in [1.82, 2.24) is 14.5 Å². The Hall–Kier alpha value is -3.41. The summed E-state index contributed by atoms with van der Waals surface area (Å²) >= 11 is 0. The number of hydrogen-bond acceptors (Lipinski definition) is 4. The number of benzene rings is 1. The van der Waals surface area contributed by atoms with Gasteiger partial charge in [0.25, 0.3) is 5.91 Å². The van der Waals surface area contributed by atoms with Crippen molar-refractivity contribution in [3.05, 3.63) is 84.4 Å². The lowest BCUT2D eigenvalue weighted by Gasteiger charge is -2.25. The highest BCUT2D eigenvalue weighted by atomic mass is 16.5.